The Hall–Kier alpha value is -1.60. The highest BCUT2D eigenvalue weighted by molar-refractivity contribution is 8.00. The second-order valence-corrected chi connectivity index (χ2v) is 9.76. The third-order valence-corrected chi connectivity index (χ3v) is 7.35. The van der Waals surface area contributed by atoms with Crippen LogP contribution in [0.3, 0.4) is 0 Å². The molecule has 2 heterocycles. The van der Waals surface area contributed by atoms with Crippen molar-refractivity contribution in [2.75, 3.05) is 57.2 Å². The summed E-state index contributed by atoms with van der Waals surface area (Å²) in [6, 6.07) is 8.66. The maximum atomic E-state index is 5.61. The third-order valence-electron chi connectivity index (χ3n) is 5.91. The highest BCUT2D eigenvalue weighted by Gasteiger charge is 2.32. The number of benzene rings is 1. The van der Waals surface area contributed by atoms with Gasteiger partial charge < -0.3 is 25.0 Å². The number of para-hydroxylation sites is 2. The van der Waals surface area contributed by atoms with Gasteiger partial charge in [0.25, 0.3) is 0 Å². The van der Waals surface area contributed by atoms with Gasteiger partial charge in [0.1, 0.15) is 5.75 Å². The summed E-state index contributed by atoms with van der Waals surface area (Å²) in [5, 5.41) is 7.17. The van der Waals surface area contributed by atoms with Crippen molar-refractivity contribution in [3.8, 4) is 5.75 Å². The van der Waals surface area contributed by atoms with Gasteiger partial charge in [-0.15, -0.1) is 0 Å². The maximum absolute atomic E-state index is 5.61. The number of anilines is 1. The molecule has 2 N–H and O–H groups in total. The van der Waals surface area contributed by atoms with Crippen molar-refractivity contribution >= 4 is 23.4 Å². The van der Waals surface area contributed by atoms with Gasteiger partial charge in [-0.2, -0.15) is 11.8 Å². The number of ether oxygens (including phenoxy) is 2. The minimum atomic E-state index is 0.214. The van der Waals surface area contributed by atoms with E-state index in [9.17, 15) is 0 Å². The lowest BCUT2D eigenvalue weighted by molar-refractivity contribution is 0.0793. The molecule has 0 bridgehead atoms. The van der Waals surface area contributed by atoms with Crippen LogP contribution >= 0.6 is 11.8 Å². The predicted molar refractivity (Wildman–Crippen MR) is 128 cm³/mol. The van der Waals surface area contributed by atoms with Crippen LogP contribution in [0, 0.1) is 0 Å². The van der Waals surface area contributed by atoms with Gasteiger partial charge in [0.15, 0.2) is 5.96 Å². The molecule has 2 aliphatic heterocycles. The smallest absolute Gasteiger partial charge is 0.191 e. The fraction of sp³-hybridized carbons (Fsp3) is 0.696. The highest BCUT2D eigenvalue weighted by atomic mass is 32.2. The molecule has 2 fully saturated rings. The van der Waals surface area contributed by atoms with Crippen LogP contribution in [0.4, 0.5) is 5.69 Å². The van der Waals surface area contributed by atoms with Gasteiger partial charge >= 0.3 is 0 Å². The van der Waals surface area contributed by atoms with Gasteiger partial charge in [0, 0.05) is 43.6 Å². The monoisotopic (exact) mass is 434 g/mol. The van der Waals surface area contributed by atoms with Gasteiger partial charge in [-0.1, -0.05) is 19.1 Å². The van der Waals surface area contributed by atoms with E-state index in [4.69, 9.17) is 14.5 Å². The van der Waals surface area contributed by atoms with E-state index in [1.54, 1.807) is 7.11 Å². The Balaban J connectivity index is 1.65. The van der Waals surface area contributed by atoms with E-state index in [1.165, 1.54) is 5.69 Å². The number of thioether (sulfide) groups is 1. The van der Waals surface area contributed by atoms with Crippen molar-refractivity contribution in [1.29, 1.82) is 0 Å². The number of guanidine groups is 1. The first kappa shape index (κ1) is 23.1. The standard InChI is InChI=1S/C23H38N4O2S/c1-4-24-22(25-18-23(30-5-2)12-15-29-16-13-23)26-19-9-8-14-27(17-19)20-10-6-7-11-21(20)28-3/h6-7,10-11,19H,4-5,8-9,12-18H2,1-3H3,(H2,24,25,26). The molecule has 168 valence electrons. The van der Waals surface area contributed by atoms with Crippen molar-refractivity contribution < 1.29 is 9.47 Å². The minimum Gasteiger partial charge on any atom is -0.495 e. The summed E-state index contributed by atoms with van der Waals surface area (Å²) >= 11 is 2.04. The van der Waals surface area contributed by atoms with E-state index in [2.05, 4.69) is 41.5 Å². The minimum absolute atomic E-state index is 0.214. The van der Waals surface area contributed by atoms with Gasteiger partial charge in [-0.05, 0) is 50.5 Å². The van der Waals surface area contributed by atoms with Crippen LogP contribution in [-0.4, -0.2) is 69.0 Å². The predicted octanol–water partition coefficient (Wildman–Crippen LogP) is 3.52. The zero-order valence-corrected chi connectivity index (χ0v) is 19.6. The highest BCUT2D eigenvalue weighted by Crippen LogP contribution is 2.35. The van der Waals surface area contributed by atoms with Crippen molar-refractivity contribution in [3.63, 3.8) is 0 Å². The van der Waals surface area contributed by atoms with Crippen LogP contribution in [0.2, 0.25) is 0 Å². The molecular weight excluding hydrogens is 396 g/mol. The normalized spacial score (nSPS) is 21.9. The molecule has 0 spiro atoms. The van der Waals surface area contributed by atoms with E-state index >= 15 is 0 Å². The summed E-state index contributed by atoms with van der Waals surface area (Å²) in [5.74, 6) is 3.00. The molecule has 0 aromatic heterocycles. The summed E-state index contributed by atoms with van der Waals surface area (Å²) in [4.78, 5) is 7.46. The van der Waals surface area contributed by atoms with Crippen molar-refractivity contribution in [3.05, 3.63) is 24.3 Å². The molecule has 7 heteroatoms. The summed E-state index contributed by atoms with van der Waals surface area (Å²) in [7, 11) is 1.74. The number of nitrogens with zero attached hydrogens (tertiary/aromatic N) is 2. The number of hydrogen-bond acceptors (Lipinski definition) is 5. The fourth-order valence-electron chi connectivity index (χ4n) is 4.34. The quantitative estimate of drug-likeness (QED) is 0.482. The molecule has 3 rings (SSSR count). The Morgan fingerprint density at radius 2 is 2.10 bits per heavy atom. The van der Waals surface area contributed by atoms with Crippen LogP contribution in [0.25, 0.3) is 0 Å². The summed E-state index contributed by atoms with van der Waals surface area (Å²) in [5.41, 5.74) is 1.17. The SMILES string of the molecule is CCNC(=NCC1(SCC)CCOCC1)NC1CCCN(c2ccccc2OC)C1. The van der Waals surface area contributed by atoms with Crippen molar-refractivity contribution in [2.24, 2.45) is 4.99 Å². The second kappa shape index (κ2) is 11.7. The molecule has 1 aromatic carbocycles. The summed E-state index contributed by atoms with van der Waals surface area (Å²) < 4.78 is 11.4. The topological polar surface area (TPSA) is 58.1 Å². The molecule has 0 saturated carbocycles. The lowest BCUT2D eigenvalue weighted by Gasteiger charge is -2.37. The average molecular weight is 435 g/mol. The van der Waals surface area contributed by atoms with E-state index in [0.29, 0.717) is 6.04 Å². The van der Waals surface area contributed by atoms with Gasteiger partial charge in [-0.25, -0.2) is 0 Å². The molecule has 1 unspecified atom stereocenters. The molecule has 6 nitrogen and oxygen atoms in total. The van der Waals surface area contributed by atoms with Gasteiger partial charge in [0.05, 0.1) is 19.3 Å². The number of piperidine rings is 1. The van der Waals surface area contributed by atoms with Gasteiger partial charge in [0.2, 0.25) is 0 Å². The Bertz CT molecular complexity index is 673. The lowest BCUT2D eigenvalue weighted by atomic mass is 9.99. The zero-order valence-electron chi connectivity index (χ0n) is 18.8. The number of methoxy groups -OCH3 is 1. The molecule has 2 aliphatic rings. The van der Waals surface area contributed by atoms with Crippen LogP contribution in [0.5, 0.6) is 5.75 Å². The number of hydrogen-bond donors (Lipinski definition) is 2. The first-order valence-corrected chi connectivity index (χ1v) is 12.3. The molecule has 0 radical (unpaired) electrons. The fourth-order valence-corrected chi connectivity index (χ4v) is 5.56. The molecular formula is C23H38N4O2S. The second-order valence-electron chi connectivity index (χ2n) is 8.02. The van der Waals surface area contributed by atoms with E-state index in [0.717, 1.165) is 82.5 Å². The Morgan fingerprint density at radius 1 is 1.30 bits per heavy atom. The lowest BCUT2D eigenvalue weighted by Crippen LogP contribution is -2.51. The van der Waals surface area contributed by atoms with Crippen LogP contribution in [-0.2, 0) is 4.74 Å². The molecule has 2 saturated heterocycles. The number of aliphatic imine (C=N–C) groups is 1. The molecule has 1 aromatic rings. The van der Waals surface area contributed by atoms with Crippen LogP contribution in [0.1, 0.15) is 39.5 Å². The largest absolute Gasteiger partial charge is 0.495 e. The van der Waals surface area contributed by atoms with E-state index in [-0.39, 0.29) is 4.75 Å². The Labute approximate surface area is 186 Å². The van der Waals surface area contributed by atoms with Crippen molar-refractivity contribution in [1.82, 2.24) is 10.6 Å². The summed E-state index contributed by atoms with van der Waals surface area (Å²) in [6.45, 7) is 9.79. The Morgan fingerprint density at radius 3 is 2.83 bits per heavy atom. The molecule has 0 aliphatic carbocycles. The van der Waals surface area contributed by atoms with Crippen molar-refractivity contribution in [2.45, 2.75) is 50.3 Å². The van der Waals surface area contributed by atoms with E-state index < -0.39 is 0 Å². The first-order valence-electron chi connectivity index (χ1n) is 11.3. The van der Waals surface area contributed by atoms with Gasteiger partial charge in [-0.3, -0.25) is 4.99 Å². The molecule has 0 amide bonds. The summed E-state index contributed by atoms with van der Waals surface area (Å²) in [6.07, 6.45) is 4.47. The van der Waals surface area contributed by atoms with Crippen LogP contribution in [0.15, 0.2) is 29.3 Å². The first-order chi connectivity index (χ1) is 14.7. The number of nitrogens with one attached hydrogen (secondary N) is 2. The Kier molecular flexibility index (Phi) is 9.00. The maximum Gasteiger partial charge on any atom is 0.191 e. The zero-order chi connectivity index (χ0) is 21.2. The molecule has 30 heavy (non-hydrogen) atoms. The molecule has 1 atom stereocenters. The van der Waals surface area contributed by atoms with Crippen LogP contribution < -0.4 is 20.3 Å². The van der Waals surface area contributed by atoms with E-state index in [1.807, 2.05) is 23.9 Å². The average Bonchev–Trinajstić information content (AvgIpc) is 2.79. The third kappa shape index (κ3) is 6.20. The number of rotatable bonds is 8.